The van der Waals surface area contributed by atoms with Crippen LogP contribution in [0, 0.1) is 12.7 Å². The first-order valence-electron chi connectivity index (χ1n) is 7.71. The van der Waals surface area contributed by atoms with Crippen molar-refractivity contribution in [3.8, 4) is 10.4 Å². The second kappa shape index (κ2) is 8.07. The molecule has 0 fully saturated rings. The van der Waals surface area contributed by atoms with Crippen LogP contribution in [0.5, 0.6) is 0 Å². The second-order valence-electron chi connectivity index (χ2n) is 5.42. The average molecular weight is 386 g/mol. The minimum atomic E-state index is -0.415. The van der Waals surface area contributed by atoms with Crippen molar-refractivity contribution in [3.05, 3.63) is 75.1 Å². The van der Waals surface area contributed by atoms with Crippen molar-refractivity contribution in [1.29, 1.82) is 0 Å². The third-order valence-corrected chi connectivity index (χ3v) is 5.66. The second-order valence-corrected chi connectivity index (χ2v) is 7.45. The highest BCUT2D eigenvalue weighted by atomic mass is 32.1. The Kier molecular flexibility index (Phi) is 5.60. The molecule has 132 valence electrons. The van der Waals surface area contributed by atoms with Crippen LogP contribution in [-0.4, -0.2) is 11.8 Å². The van der Waals surface area contributed by atoms with Gasteiger partial charge < -0.3 is 0 Å². The molecule has 1 aromatic carbocycles. The Hall–Kier alpha value is -2.77. The molecule has 0 radical (unpaired) electrons. The van der Waals surface area contributed by atoms with Gasteiger partial charge in [0.1, 0.15) is 5.82 Å². The fourth-order valence-electron chi connectivity index (χ4n) is 2.16. The van der Waals surface area contributed by atoms with Crippen LogP contribution in [0.25, 0.3) is 16.5 Å². The number of benzene rings is 1. The molecule has 2 heterocycles. The fraction of sp³-hybridized carbons (Fsp3) is 0.0526. The highest BCUT2D eigenvalue weighted by Gasteiger charge is 2.11. The molecular weight excluding hydrogens is 371 g/mol. The molecule has 2 aromatic heterocycles. The molecule has 4 nitrogen and oxygen atoms in total. The van der Waals surface area contributed by atoms with Crippen LogP contribution >= 0.6 is 22.7 Å². The molecule has 0 saturated heterocycles. The van der Waals surface area contributed by atoms with Gasteiger partial charge in [-0.3, -0.25) is 20.4 Å². The molecule has 0 atom stereocenters. The van der Waals surface area contributed by atoms with Crippen LogP contribution in [-0.2, 0) is 4.79 Å². The van der Waals surface area contributed by atoms with Crippen LogP contribution in [0.1, 0.15) is 20.1 Å². The van der Waals surface area contributed by atoms with Crippen LogP contribution in [0.15, 0.2) is 53.9 Å². The van der Waals surface area contributed by atoms with Crippen LogP contribution < -0.4 is 10.9 Å². The molecule has 0 unspecified atom stereocenters. The van der Waals surface area contributed by atoms with Gasteiger partial charge in [-0.2, -0.15) is 0 Å². The van der Waals surface area contributed by atoms with E-state index in [4.69, 9.17) is 0 Å². The SMILES string of the molecule is Cc1ccsc1/C=C/C(=O)NNC(=O)c1ccc(-c2ccc(F)cc2)s1. The smallest absolute Gasteiger partial charge is 0.268 e. The molecule has 26 heavy (non-hydrogen) atoms. The van der Waals surface area contributed by atoms with Crippen molar-refractivity contribution in [2.75, 3.05) is 0 Å². The zero-order chi connectivity index (χ0) is 18.5. The van der Waals surface area contributed by atoms with Gasteiger partial charge in [-0.1, -0.05) is 12.1 Å². The summed E-state index contributed by atoms with van der Waals surface area (Å²) in [6, 6.07) is 11.5. The molecule has 2 amide bonds. The predicted molar refractivity (Wildman–Crippen MR) is 103 cm³/mol. The Bertz CT molecular complexity index is 958. The van der Waals surface area contributed by atoms with Gasteiger partial charge in [0.25, 0.3) is 11.8 Å². The molecule has 3 aromatic rings. The van der Waals surface area contributed by atoms with E-state index in [9.17, 15) is 14.0 Å². The normalized spacial score (nSPS) is 10.8. The van der Waals surface area contributed by atoms with Crippen LogP contribution in [0.4, 0.5) is 4.39 Å². The van der Waals surface area contributed by atoms with E-state index in [0.717, 1.165) is 20.9 Å². The number of nitrogens with one attached hydrogen (secondary N) is 2. The van der Waals surface area contributed by atoms with Gasteiger partial charge in [-0.15, -0.1) is 22.7 Å². The van der Waals surface area contributed by atoms with E-state index in [1.165, 1.54) is 40.9 Å². The Balaban J connectivity index is 1.57. The molecule has 3 rings (SSSR count). The molecule has 0 bridgehead atoms. The van der Waals surface area contributed by atoms with Crippen molar-refractivity contribution in [1.82, 2.24) is 10.9 Å². The average Bonchev–Trinajstić information content (AvgIpc) is 3.28. The lowest BCUT2D eigenvalue weighted by Gasteiger charge is -2.03. The van der Waals surface area contributed by atoms with E-state index in [1.54, 1.807) is 30.3 Å². The lowest BCUT2D eigenvalue weighted by atomic mass is 10.2. The van der Waals surface area contributed by atoms with Gasteiger partial charge >= 0.3 is 0 Å². The zero-order valence-corrected chi connectivity index (χ0v) is 15.4. The Morgan fingerprint density at radius 2 is 1.81 bits per heavy atom. The first kappa shape index (κ1) is 18.0. The van der Waals surface area contributed by atoms with Crippen molar-refractivity contribution < 1.29 is 14.0 Å². The van der Waals surface area contributed by atoms with Crippen molar-refractivity contribution in [2.24, 2.45) is 0 Å². The van der Waals surface area contributed by atoms with E-state index in [0.29, 0.717) is 4.88 Å². The van der Waals surface area contributed by atoms with Gasteiger partial charge in [-0.25, -0.2) is 4.39 Å². The summed E-state index contributed by atoms with van der Waals surface area (Å²) in [5.74, 6) is -1.13. The van der Waals surface area contributed by atoms with Gasteiger partial charge in [0.15, 0.2) is 0 Å². The summed E-state index contributed by atoms with van der Waals surface area (Å²) in [7, 11) is 0. The monoisotopic (exact) mass is 386 g/mol. The highest BCUT2D eigenvalue weighted by molar-refractivity contribution is 7.17. The van der Waals surface area contributed by atoms with E-state index in [-0.39, 0.29) is 5.82 Å². The third-order valence-electron chi connectivity index (χ3n) is 3.55. The molecule has 0 aliphatic carbocycles. The maximum atomic E-state index is 13.0. The Morgan fingerprint density at radius 1 is 1.04 bits per heavy atom. The van der Waals surface area contributed by atoms with Crippen molar-refractivity contribution >= 4 is 40.6 Å². The molecule has 0 aliphatic heterocycles. The summed E-state index contributed by atoms with van der Waals surface area (Å²) in [6.07, 6.45) is 3.08. The van der Waals surface area contributed by atoms with Gasteiger partial charge in [0, 0.05) is 15.8 Å². The lowest BCUT2D eigenvalue weighted by molar-refractivity contribution is -0.117. The van der Waals surface area contributed by atoms with Crippen LogP contribution in [0.3, 0.4) is 0 Å². The van der Waals surface area contributed by atoms with E-state index in [1.807, 2.05) is 18.4 Å². The number of thiophene rings is 2. The zero-order valence-electron chi connectivity index (χ0n) is 13.8. The number of hydrogen-bond acceptors (Lipinski definition) is 4. The Labute approximate surface area is 158 Å². The Morgan fingerprint density at radius 3 is 2.50 bits per heavy atom. The highest BCUT2D eigenvalue weighted by Crippen LogP contribution is 2.28. The minimum Gasteiger partial charge on any atom is -0.268 e. The number of aryl methyl sites for hydroxylation is 1. The topological polar surface area (TPSA) is 58.2 Å². The predicted octanol–water partition coefficient (Wildman–Crippen LogP) is 4.40. The van der Waals surface area contributed by atoms with Crippen LogP contribution in [0.2, 0.25) is 0 Å². The maximum absolute atomic E-state index is 13.0. The maximum Gasteiger partial charge on any atom is 0.279 e. The molecule has 2 N–H and O–H groups in total. The van der Waals surface area contributed by atoms with E-state index < -0.39 is 11.8 Å². The number of halogens is 1. The fourth-order valence-corrected chi connectivity index (χ4v) is 3.88. The van der Waals surface area contributed by atoms with E-state index in [2.05, 4.69) is 10.9 Å². The quantitative estimate of drug-likeness (QED) is 0.516. The third kappa shape index (κ3) is 4.44. The summed E-state index contributed by atoms with van der Waals surface area (Å²) in [4.78, 5) is 26.2. The summed E-state index contributed by atoms with van der Waals surface area (Å²) >= 11 is 2.80. The first-order valence-corrected chi connectivity index (χ1v) is 9.41. The van der Waals surface area contributed by atoms with Crippen molar-refractivity contribution in [3.63, 3.8) is 0 Å². The lowest BCUT2D eigenvalue weighted by Crippen LogP contribution is -2.40. The van der Waals surface area contributed by atoms with Gasteiger partial charge in [0.05, 0.1) is 4.88 Å². The van der Waals surface area contributed by atoms with E-state index >= 15 is 0 Å². The van der Waals surface area contributed by atoms with Gasteiger partial charge in [-0.05, 0) is 59.8 Å². The largest absolute Gasteiger partial charge is 0.279 e. The molecule has 0 aliphatic rings. The molecule has 0 saturated carbocycles. The number of carbonyl (C=O) groups is 2. The number of amides is 2. The van der Waals surface area contributed by atoms with Gasteiger partial charge in [0.2, 0.25) is 0 Å². The number of carbonyl (C=O) groups excluding carboxylic acids is 2. The number of hydrazine groups is 1. The standard InChI is InChI=1S/C19H15FN2O2S2/c1-12-10-11-25-15(12)8-9-18(23)21-22-19(24)17-7-6-16(26-17)13-2-4-14(20)5-3-13/h2-11H,1H3,(H,21,23)(H,22,24)/b9-8+. The number of hydrogen-bond donors (Lipinski definition) is 2. The summed E-state index contributed by atoms with van der Waals surface area (Å²) < 4.78 is 13.0. The molecular formula is C19H15FN2O2S2. The summed E-state index contributed by atoms with van der Waals surface area (Å²) in [5, 5.41) is 1.95. The summed E-state index contributed by atoms with van der Waals surface area (Å²) in [6.45, 7) is 1.96. The first-order chi connectivity index (χ1) is 12.5. The molecule has 7 heteroatoms. The number of rotatable bonds is 4. The molecule has 0 spiro atoms. The summed E-state index contributed by atoms with van der Waals surface area (Å²) in [5.41, 5.74) is 6.66. The van der Waals surface area contributed by atoms with Crippen molar-refractivity contribution in [2.45, 2.75) is 6.92 Å². The minimum absolute atomic E-state index is 0.309.